The second-order valence-electron chi connectivity index (χ2n) is 1.76. The summed E-state index contributed by atoms with van der Waals surface area (Å²) in [5, 5.41) is 2.80. The first-order chi connectivity index (χ1) is 4.93. The first-order valence-electron chi connectivity index (χ1n) is 3.03. The SMILES string of the molecule is CN/C=N\c1cccnc1. The molecule has 0 aliphatic heterocycles. The monoisotopic (exact) mass is 135 g/mol. The van der Waals surface area contributed by atoms with E-state index in [2.05, 4.69) is 15.3 Å². The number of hydrogen-bond acceptors (Lipinski definition) is 2. The van der Waals surface area contributed by atoms with Crippen LogP contribution < -0.4 is 5.32 Å². The first kappa shape index (κ1) is 6.74. The number of aromatic nitrogens is 1. The molecule has 1 N–H and O–H groups in total. The van der Waals surface area contributed by atoms with Gasteiger partial charge in [0.1, 0.15) is 0 Å². The van der Waals surface area contributed by atoms with Gasteiger partial charge < -0.3 is 5.32 Å². The van der Waals surface area contributed by atoms with E-state index in [1.54, 1.807) is 25.8 Å². The minimum atomic E-state index is 0.858. The molecule has 3 nitrogen and oxygen atoms in total. The summed E-state index contributed by atoms with van der Waals surface area (Å²) in [6.45, 7) is 0. The van der Waals surface area contributed by atoms with Crippen LogP contribution in [0, 0.1) is 0 Å². The summed E-state index contributed by atoms with van der Waals surface area (Å²) < 4.78 is 0. The normalized spacial score (nSPS) is 10.1. The molecule has 0 aliphatic rings. The van der Waals surface area contributed by atoms with Gasteiger partial charge in [-0.3, -0.25) is 4.98 Å². The Morgan fingerprint density at radius 1 is 1.70 bits per heavy atom. The van der Waals surface area contributed by atoms with E-state index in [-0.39, 0.29) is 0 Å². The molecule has 10 heavy (non-hydrogen) atoms. The maximum absolute atomic E-state index is 4.03. The van der Waals surface area contributed by atoms with Crippen LogP contribution in [0.1, 0.15) is 0 Å². The van der Waals surface area contributed by atoms with Gasteiger partial charge in [0.2, 0.25) is 0 Å². The van der Waals surface area contributed by atoms with E-state index in [4.69, 9.17) is 0 Å². The Labute approximate surface area is 59.8 Å². The zero-order valence-electron chi connectivity index (χ0n) is 5.78. The summed E-state index contributed by atoms with van der Waals surface area (Å²) in [4.78, 5) is 7.92. The summed E-state index contributed by atoms with van der Waals surface area (Å²) >= 11 is 0. The van der Waals surface area contributed by atoms with Crippen LogP contribution in [0.4, 0.5) is 5.69 Å². The third-order valence-corrected chi connectivity index (χ3v) is 0.989. The van der Waals surface area contributed by atoms with Crippen molar-refractivity contribution in [2.45, 2.75) is 0 Å². The molecule has 52 valence electrons. The Morgan fingerprint density at radius 3 is 3.20 bits per heavy atom. The maximum Gasteiger partial charge on any atom is 0.0884 e. The van der Waals surface area contributed by atoms with Gasteiger partial charge >= 0.3 is 0 Å². The molecule has 0 saturated carbocycles. The second kappa shape index (κ2) is 3.61. The molecule has 1 rings (SSSR count). The molecule has 0 unspecified atom stereocenters. The second-order valence-corrected chi connectivity index (χ2v) is 1.76. The molecule has 1 aromatic rings. The highest BCUT2D eigenvalue weighted by Gasteiger charge is 1.80. The van der Waals surface area contributed by atoms with Crippen LogP contribution in [0.3, 0.4) is 0 Å². The molecule has 0 aliphatic carbocycles. The first-order valence-corrected chi connectivity index (χ1v) is 3.03. The fourth-order valence-electron chi connectivity index (χ4n) is 0.569. The highest BCUT2D eigenvalue weighted by Crippen LogP contribution is 2.05. The van der Waals surface area contributed by atoms with Crippen molar-refractivity contribution >= 4 is 12.0 Å². The van der Waals surface area contributed by atoms with Gasteiger partial charge in [-0.15, -0.1) is 0 Å². The molecule has 1 aromatic heterocycles. The highest BCUT2D eigenvalue weighted by molar-refractivity contribution is 5.59. The van der Waals surface area contributed by atoms with Crippen molar-refractivity contribution in [1.82, 2.24) is 10.3 Å². The topological polar surface area (TPSA) is 37.3 Å². The number of pyridine rings is 1. The molecule has 0 radical (unpaired) electrons. The van der Waals surface area contributed by atoms with Crippen molar-refractivity contribution in [3.8, 4) is 0 Å². The molecule has 0 spiro atoms. The van der Waals surface area contributed by atoms with Crippen LogP contribution in [0.25, 0.3) is 0 Å². The Balaban J connectivity index is 2.67. The van der Waals surface area contributed by atoms with Crippen LogP contribution in [-0.2, 0) is 0 Å². The summed E-state index contributed by atoms with van der Waals surface area (Å²) in [6, 6.07) is 3.74. The molecule has 0 amide bonds. The molecular formula is C7H9N3. The van der Waals surface area contributed by atoms with Crippen LogP contribution in [-0.4, -0.2) is 18.4 Å². The largest absolute Gasteiger partial charge is 0.379 e. The predicted octanol–water partition coefficient (Wildman–Crippen LogP) is 0.961. The molecule has 1 heterocycles. The van der Waals surface area contributed by atoms with Crippen LogP contribution >= 0.6 is 0 Å². The van der Waals surface area contributed by atoms with Crippen LogP contribution in [0.15, 0.2) is 29.5 Å². The van der Waals surface area contributed by atoms with Gasteiger partial charge in [0, 0.05) is 13.2 Å². The zero-order chi connectivity index (χ0) is 7.23. The summed E-state index contributed by atoms with van der Waals surface area (Å²) in [5.74, 6) is 0. The Kier molecular flexibility index (Phi) is 2.43. The van der Waals surface area contributed by atoms with E-state index >= 15 is 0 Å². The van der Waals surface area contributed by atoms with Gasteiger partial charge in [-0.2, -0.15) is 0 Å². The summed E-state index contributed by atoms with van der Waals surface area (Å²) in [6.07, 6.45) is 5.04. The van der Waals surface area contributed by atoms with Gasteiger partial charge in [-0.25, -0.2) is 4.99 Å². The van der Waals surface area contributed by atoms with Crippen LogP contribution in [0.5, 0.6) is 0 Å². The van der Waals surface area contributed by atoms with E-state index in [9.17, 15) is 0 Å². The molecule has 0 bridgehead atoms. The fraction of sp³-hybridized carbons (Fsp3) is 0.143. The number of hydrogen-bond donors (Lipinski definition) is 1. The quantitative estimate of drug-likeness (QED) is 0.484. The van der Waals surface area contributed by atoms with Crippen molar-refractivity contribution in [2.24, 2.45) is 4.99 Å². The van der Waals surface area contributed by atoms with Gasteiger partial charge in [0.05, 0.1) is 18.2 Å². The van der Waals surface area contributed by atoms with Gasteiger partial charge in [0.15, 0.2) is 0 Å². The molecule has 0 fully saturated rings. The Bertz CT molecular complexity index is 205. The lowest BCUT2D eigenvalue weighted by molar-refractivity contribution is 1.20. The van der Waals surface area contributed by atoms with Gasteiger partial charge in [0.25, 0.3) is 0 Å². The smallest absolute Gasteiger partial charge is 0.0884 e. The van der Waals surface area contributed by atoms with Crippen molar-refractivity contribution < 1.29 is 0 Å². The lowest BCUT2D eigenvalue weighted by Gasteiger charge is -1.88. The number of nitrogens with one attached hydrogen (secondary N) is 1. The summed E-state index contributed by atoms with van der Waals surface area (Å²) in [5.41, 5.74) is 0.858. The van der Waals surface area contributed by atoms with E-state index in [0.717, 1.165) is 5.69 Å². The number of aliphatic imine (C=N–C) groups is 1. The maximum atomic E-state index is 4.03. The average Bonchev–Trinajstić information content (AvgIpc) is 2.03. The third kappa shape index (κ3) is 1.85. The van der Waals surface area contributed by atoms with Gasteiger partial charge in [-0.1, -0.05) is 0 Å². The van der Waals surface area contributed by atoms with Crippen molar-refractivity contribution in [1.29, 1.82) is 0 Å². The van der Waals surface area contributed by atoms with Crippen molar-refractivity contribution in [3.05, 3.63) is 24.5 Å². The van der Waals surface area contributed by atoms with E-state index < -0.39 is 0 Å². The van der Waals surface area contributed by atoms with Gasteiger partial charge in [-0.05, 0) is 12.1 Å². The van der Waals surface area contributed by atoms with Crippen molar-refractivity contribution in [2.75, 3.05) is 7.05 Å². The standard InChI is InChI=1S/C7H9N3/c1-8-6-10-7-3-2-4-9-5-7/h2-6H,1H3,(H,8,10). The molecule has 0 atom stereocenters. The fourth-order valence-corrected chi connectivity index (χ4v) is 0.569. The predicted molar refractivity (Wildman–Crippen MR) is 41.4 cm³/mol. The minimum Gasteiger partial charge on any atom is -0.379 e. The van der Waals surface area contributed by atoms with E-state index in [1.807, 2.05) is 12.1 Å². The van der Waals surface area contributed by atoms with E-state index in [1.165, 1.54) is 0 Å². The van der Waals surface area contributed by atoms with Crippen LogP contribution in [0.2, 0.25) is 0 Å². The molecule has 0 saturated heterocycles. The Morgan fingerprint density at radius 2 is 2.60 bits per heavy atom. The highest BCUT2D eigenvalue weighted by atomic mass is 14.9. The van der Waals surface area contributed by atoms with E-state index in [0.29, 0.717) is 0 Å². The van der Waals surface area contributed by atoms with Crippen molar-refractivity contribution in [3.63, 3.8) is 0 Å². The summed E-state index contributed by atoms with van der Waals surface area (Å²) in [7, 11) is 1.81. The number of rotatable bonds is 2. The molecule has 3 heteroatoms. The average molecular weight is 135 g/mol. The lowest BCUT2D eigenvalue weighted by Crippen LogP contribution is -1.99. The minimum absolute atomic E-state index is 0.858. The molecule has 0 aromatic carbocycles. The lowest BCUT2D eigenvalue weighted by atomic mass is 10.4. The third-order valence-electron chi connectivity index (χ3n) is 0.989. The Hall–Kier alpha value is -1.38. The zero-order valence-corrected chi connectivity index (χ0v) is 5.78. The number of nitrogens with zero attached hydrogens (tertiary/aromatic N) is 2. The molecular weight excluding hydrogens is 126 g/mol.